The molecule has 2 rings (SSSR count). The Hall–Kier alpha value is -0.870. The Kier molecular flexibility index (Phi) is 3.61. The summed E-state index contributed by atoms with van der Waals surface area (Å²) < 4.78 is 1.86. The Morgan fingerprint density at radius 3 is 2.81 bits per heavy atom. The zero-order chi connectivity index (χ0) is 11.4. The third kappa shape index (κ3) is 2.83. The van der Waals surface area contributed by atoms with E-state index in [4.69, 9.17) is 0 Å². The van der Waals surface area contributed by atoms with Gasteiger partial charge in [-0.2, -0.15) is 5.10 Å². The van der Waals surface area contributed by atoms with Crippen molar-refractivity contribution in [2.45, 2.75) is 44.2 Å². The summed E-state index contributed by atoms with van der Waals surface area (Å²) >= 11 is 0. The summed E-state index contributed by atoms with van der Waals surface area (Å²) in [6.07, 6.45) is 7.25. The van der Waals surface area contributed by atoms with E-state index in [2.05, 4.69) is 10.4 Å². The van der Waals surface area contributed by atoms with Crippen molar-refractivity contribution >= 4 is 0 Å². The highest BCUT2D eigenvalue weighted by atomic mass is 16.3. The molecule has 2 N–H and O–H groups in total. The molecule has 0 aliphatic heterocycles. The fraction of sp³-hybridized carbons (Fsp3) is 0.750. The van der Waals surface area contributed by atoms with E-state index >= 15 is 0 Å². The van der Waals surface area contributed by atoms with Gasteiger partial charge in [0.2, 0.25) is 0 Å². The molecular formula is C12H21N3O. The summed E-state index contributed by atoms with van der Waals surface area (Å²) in [6, 6.07) is 2.00. The van der Waals surface area contributed by atoms with E-state index < -0.39 is 5.60 Å². The first-order valence-corrected chi connectivity index (χ1v) is 6.10. The Balaban J connectivity index is 1.77. The van der Waals surface area contributed by atoms with E-state index in [0.717, 1.165) is 37.9 Å². The van der Waals surface area contributed by atoms with Crippen molar-refractivity contribution in [2.24, 2.45) is 7.05 Å². The summed E-state index contributed by atoms with van der Waals surface area (Å²) in [6.45, 7) is 1.47. The highest BCUT2D eigenvalue weighted by Gasteiger charge is 2.28. The number of nitrogens with one attached hydrogen (secondary N) is 1. The van der Waals surface area contributed by atoms with E-state index in [-0.39, 0.29) is 0 Å². The summed E-state index contributed by atoms with van der Waals surface area (Å²) in [4.78, 5) is 0. The normalized spacial score (nSPS) is 19.9. The lowest BCUT2D eigenvalue weighted by Crippen LogP contribution is -2.42. The van der Waals surface area contributed by atoms with Crippen LogP contribution in [0, 0.1) is 0 Å². The average molecular weight is 223 g/mol. The predicted octanol–water partition coefficient (Wildman–Crippen LogP) is 1.20. The van der Waals surface area contributed by atoms with Crippen molar-refractivity contribution in [1.29, 1.82) is 0 Å². The van der Waals surface area contributed by atoms with E-state index in [1.54, 1.807) is 6.20 Å². The Labute approximate surface area is 96.7 Å². The molecule has 4 nitrogen and oxygen atoms in total. The van der Waals surface area contributed by atoms with Gasteiger partial charge in [0.25, 0.3) is 0 Å². The zero-order valence-electron chi connectivity index (χ0n) is 9.95. The minimum atomic E-state index is -0.475. The summed E-state index contributed by atoms with van der Waals surface area (Å²) in [5.74, 6) is 0. The van der Waals surface area contributed by atoms with E-state index in [1.165, 1.54) is 6.42 Å². The summed E-state index contributed by atoms with van der Waals surface area (Å²) in [5, 5.41) is 17.7. The molecule has 0 radical (unpaired) electrons. The van der Waals surface area contributed by atoms with Crippen LogP contribution in [0.1, 0.15) is 37.8 Å². The first-order valence-electron chi connectivity index (χ1n) is 6.10. The lowest BCUT2D eigenvalue weighted by molar-refractivity contribution is 0.00456. The molecule has 4 heteroatoms. The fourth-order valence-corrected chi connectivity index (χ4v) is 2.38. The van der Waals surface area contributed by atoms with Crippen LogP contribution < -0.4 is 5.32 Å². The van der Waals surface area contributed by atoms with Crippen LogP contribution in [0.25, 0.3) is 0 Å². The van der Waals surface area contributed by atoms with Gasteiger partial charge in [-0.1, -0.05) is 19.3 Å². The van der Waals surface area contributed by atoms with Crippen molar-refractivity contribution in [2.75, 3.05) is 6.54 Å². The van der Waals surface area contributed by atoms with Crippen molar-refractivity contribution in [3.05, 3.63) is 18.0 Å². The van der Waals surface area contributed by atoms with Gasteiger partial charge in [0, 0.05) is 26.3 Å². The van der Waals surface area contributed by atoms with Gasteiger partial charge in [-0.15, -0.1) is 0 Å². The maximum absolute atomic E-state index is 10.3. The van der Waals surface area contributed by atoms with Gasteiger partial charge in [0.1, 0.15) is 0 Å². The van der Waals surface area contributed by atoms with Gasteiger partial charge in [-0.3, -0.25) is 4.68 Å². The van der Waals surface area contributed by atoms with Crippen molar-refractivity contribution < 1.29 is 5.11 Å². The maximum atomic E-state index is 10.3. The van der Waals surface area contributed by atoms with Crippen LogP contribution in [-0.4, -0.2) is 27.0 Å². The standard InChI is InChI=1S/C12H21N3O/c1-15-11(5-8-14-15)9-13-10-12(16)6-3-2-4-7-12/h5,8,13,16H,2-4,6-7,9-10H2,1H3. The Morgan fingerprint density at radius 1 is 1.44 bits per heavy atom. The molecule has 0 saturated heterocycles. The number of rotatable bonds is 4. The quantitative estimate of drug-likeness (QED) is 0.806. The molecular weight excluding hydrogens is 202 g/mol. The van der Waals surface area contributed by atoms with Crippen molar-refractivity contribution in [1.82, 2.24) is 15.1 Å². The zero-order valence-corrected chi connectivity index (χ0v) is 9.95. The molecule has 1 heterocycles. The lowest BCUT2D eigenvalue weighted by atomic mass is 9.85. The fourth-order valence-electron chi connectivity index (χ4n) is 2.38. The minimum absolute atomic E-state index is 0.475. The monoisotopic (exact) mass is 223 g/mol. The minimum Gasteiger partial charge on any atom is -0.389 e. The second-order valence-corrected chi connectivity index (χ2v) is 4.83. The lowest BCUT2D eigenvalue weighted by Gasteiger charge is -2.32. The SMILES string of the molecule is Cn1nccc1CNCC1(O)CCCCC1. The number of aryl methyl sites for hydroxylation is 1. The highest BCUT2D eigenvalue weighted by molar-refractivity contribution is 4.99. The molecule has 0 atom stereocenters. The number of nitrogens with zero attached hydrogens (tertiary/aromatic N) is 2. The molecule has 16 heavy (non-hydrogen) atoms. The van der Waals surface area contributed by atoms with Gasteiger partial charge in [0.15, 0.2) is 0 Å². The molecule has 1 saturated carbocycles. The van der Waals surface area contributed by atoms with Crippen molar-refractivity contribution in [3.63, 3.8) is 0 Å². The second-order valence-electron chi connectivity index (χ2n) is 4.83. The van der Waals surface area contributed by atoms with Crippen LogP contribution in [0.5, 0.6) is 0 Å². The van der Waals surface area contributed by atoms with Gasteiger partial charge in [-0.25, -0.2) is 0 Å². The number of hydrogen-bond acceptors (Lipinski definition) is 3. The van der Waals surface area contributed by atoms with Crippen molar-refractivity contribution in [3.8, 4) is 0 Å². The topological polar surface area (TPSA) is 50.1 Å². The molecule has 1 aromatic rings. The summed E-state index contributed by atoms with van der Waals surface area (Å²) in [5.41, 5.74) is 0.677. The summed E-state index contributed by atoms with van der Waals surface area (Å²) in [7, 11) is 1.94. The van der Waals surface area contributed by atoms with Gasteiger partial charge >= 0.3 is 0 Å². The predicted molar refractivity (Wildman–Crippen MR) is 62.9 cm³/mol. The largest absolute Gasteiger partial charge is 0.389 e. The number of aliphatic hydroxyl groups is 1. The highest BCUT2D eigenvalue weighted by Crippen LogP contribution is 2.27. The Morgan fingerprint density at radius 2 is 2.19 bits per heavy atom. The molecule has 1 aromatic heterocycles. The first kappa shape index (κ1) is 11.6. The van der Waals surface area contributed by atoms with E-state index in [9.17, 15) is 5.11 Å². The van der Waals surface area contributed by atoms with Crippen LogP contribution in [0.4, 0.5) is 0 Å². The molecule has 1 fully saturated rings. The van der Waals surface area contributed by atoms with Crippen LogP contribution in [0.15, 0.2) is 12.3 Å². The third-order valence-electron chi connectivity index (χ3n) is 3.47. The molecule has 0 aromatic carbocycles. The van der Waals surface area contributed by atoms with E-state index in [1.807, 2.05) is 17.8 Å². The number of hydrogen-bond donors (Lipinski definition) is 2. The second kappa shape index (κ2) is 4.97. The maximum Gasteiger partial charge on any atom is 0.0771 e. The van der Waals surface area contributed by atoms with Crippen LogP contribution >= 0.6 is 0 Å². The first-order chi connectivity index (χ1) is 7.70. The number of aromatic nitrogens is 2. The molecule has 0 unspecified atom stereocenters. The van der Waals surface area contributed by atoms with Gasteiger partial charge in [0.05, 0.1) is 11.3 Å². The molecule has 1 aliphatic rings. The molecule has 0 spiro atoms. The third-order valence-corrected chi connectivity index (χ3v) is 3.47. The molecule has 90 valence electrons. The van der Waals surface area contributed by atoms with E-state index in [0.29, 0.717) is 6.54 Å². The molecule has 0 bridgehead atoms. The van der Waals surface area contributed by atoms with Gasteiger partial charge < -0.3 is 10.4 Å². The molecule has 1 aliphatic carbocycles. The van der Waals surface area contributed by atoms with Crippen LogP contribution in [-0.2, 0) is 13.6 Å². The molecule has 0 amide bonds. The van der Waals surface area contributed by atoms with Gasteiger partial charge in [-0.05, 0) is 18.9 Å². The average Bonchev–Trinajstić information content (AvgIpc) is 2.65. The van der Waals surface area contributed by atoms with Crippen LogP contribution in [0.3, 0.4) is 0 Å². The van der Waals surface area contributed by atoms with Crippen LogP contribution in [0.2, 0.25) is 0 Å². The smallest absolute Gasteiger partial charge is 0.0771 e. The Bertz CT molecular complexity index is 329.